The monoisotopic (exact) mass is 287 g/mol. The quantitative estimate of drug-likeness (QED) is 0.847. The summed E-state index contributed by atoms with van der Waals surface area (Å²) in [6.07, 6.45) is -0.409. The Morgan fingerprint density at radius 3 is 1.80 bits per heavy atom. The van der Waals surface area contributed by atoms with Crippen LogP contribution in [-0.4, -0.2) is 60.2 Å². The summed E-state index contributed by atoms with van der Waals surface area (Å²) in [4.78, 5) is 26.7. The molecule has 1 N–H and O–H groups in total. The average Bonchev–Trinajstić information content (AvgIpc) is 2.39. The number of ether oxygens (including phenoxy) is 1. The van der Waals surface area contributed by atoms with Gasteiger partial charge in [-0.05, 0) is 27.7 Å². The maximum absolute atomic E-state index is 11.7. The number of piperazine rings is 1. The Morgan fingerprint density at radius 2 is 1.40 bits per heavy atom. The number of carbonyl (C=O) groups excluding carboxylic acids is 2. The van der Waals surface area contributed by atoms with Crippen LogP contribution in [0.5, 0.6) is 0 Å². The summed E-state index contributed by atoms with van der Waals surface area (Å²) in [5, 5.41) is 2.84. The van der Waals surface area contributed by atoms with Gasteiger partial charge in [0.15, 0.2) is 0 Å². The molecule has 118 valence electrons. The molecule has 0 aromatic carbocycles. The zero-order chi connectivity index (χ0) is 15.7. The highest BCUT2D eigenvalue weighted by atomic mass is 16.6. The molecule has 0 atom stereocenters. The number of urea groups is 1. The molecule has 0 aromatic heterocycles. The van der Waals surface area contributed by atoms with Crippen LogP contribution in [0.15, 0.2) is 0 Å². The van der Waals surface area contributed by atoms with E-state index < -0.39 is 0 Å². The number of rotatable bonds is 2. The van der Waals surface area contributed by atoms with Gasteiger partial charge in [-0.25, -0.2) is 9.59 Å². The lowest BCUT2D eigenvalue weighted by molar-refractivity contribution is 0.0614. The molecule has 6 heteroatoms. The first-order chi connectivity index (χ1) is 9.40. The van der Waals surface area contributed by atoms with E-state index in [2.05, 4.69) is 5.32 Å². The standard InChI is InChI=1S/C12H23N3O3.C2H6/c1-9(2)13-11(16)14-5-7-15(8-6-14)12(17)18-10(3)4;1-2/h9-10H,5-8H2,1-4H3,(H,13,16);1-2H3. The molecular weight excluding hydrogens is 258 g/mol. The van der Waals surface area contributed by atoms with Crippen LogP contribution >= 0.6 is 0 Å². The van der Waals surface area contributed by atoms with Gasteiger partial charge in [0, 0.05) is 32.2 Å². The van der Waals surface area contributed by atoms with Crippen molar-refractivity contribution in [2.24, 2.45) is 0 Å². The number of hydrogen-bond donors (Lipinski definition) is 1. The average molecular weight is 287 g/mol. The van der Waals surface area contributed by atoms with E-state index in [4.69, 9.17) is 4.74 Å². The highest BCUT2D eigenvalue weighted by molar-refractivity contribution is 5.75. The molecule has 0 unspecified atom stereocenters. The van der Waals surface area contributed by atoms with E-state index in [9.17, 15) is 9.59 Å². The van der Waals surface area contributed by atoms with E-state index >= 15 is 0 Å². The van der Waals surface area contributed by atoms with Crippen LogP contribution in [-0.2, 0) is 4.74 Å². The van der Waals surface area contributed by atoms with Gasteiger partial charge in [-0.15, -0.1) is 0 Å². The normalized spacial score (nSPS) is 14.8. The number of hydrogen-bond acceptors (Lipinski definition) is 3. The minimum atomic E-state index is -0.297. The molecule has 0 bridgehead atoms. The van der Waals surface area contributed by atoms with Gasteiger partial charge in [-0.3, -0.25) is 0 Å². The smallest absolute Gasteiger partial charge is 0.410 e. The molecule has 1 fully saturated rings. The Bertz CT molecular complexity index is 268. The van der Waals surface area contributed by atoms with Gasteiger partial charge in [-0.2, -0.15) is 0 Å². The van der Waals surface area contributed by atoms with Crippen LogP contribution < -0.4 is 5.32 Å². The second-order valence-corrected chi connectivity index (χ2v) is 5.01. The maximum atomic E-state index is 11.7. The summed E-state index contributed by atoms with van der Waals surface area (Å²) in [6, 6.07) is 0.0586. The van der Waals surface area contributed by atoms with Crippen molar-refractivity contribution in [2.45, 2.75) is 53.7 Å². The Morgan fingerprint density at radius 1 is 0.950 bits per heavy atom. The van der Waals surface area contributed by atoms with Gasteiger partial charge < -0.3 is 19.9 Å². The lowest BCUT2D eigenvalue weighted by Gasteiger charge is -2.34. The Labute approximate surface area is 122 Å². The molecule has 6 nitrogen and oxygen atoms in total. The van der Waals surface area contributed by atoms with Crippen LogP contribution in [0.4, 0.5) is 9.59 Å². The second-order valence-electron chi connectivity index (χ2n) is 5.01. The van der Waals surface area contributed by atoms with Crippen LogP contribution in [0, 0.1) is 0 Å². The van der Waals surface area contributed by atoms with Crippen LogP contribution in [0.3, 0.4) is 0 Å². The fourth-order valence-electron chi connectivity index (χ4n) is 1.71. The molecule has 0 radical (unpaired) electrons. The summed E-state index contributed by atoms with van der Waals surface area (Å²) in [7, 11) is 0. The Balaban J connectivity index is 0.00000172. The SMILES string of the molecule is CC.CC(C)NC(=O)N1CCN(C(=O)OC(C)C)CC1. The first kappa shape index (κ1) is 18.5. The molecule has 3 amide bonds. The summed E-state index contributed by atoms with van der Waals surface area (Å²) in [5.41, 5.74) is 0. The van der Waals surface area contributed by atoms with E-state index in [1.807, 2.05) is 41.5 Å². The first-order valence-electron chi connectivity index (χ1n) is 7.41. The lowest BCUT2D eigenvalue weighted by atomic mass is 10.3. The zero-order valence-corrected chi connectivity index (χ0v) is 13.6. The predicted octanol–water partition coefficient (Wildman–Crippen LogP) is 2.29. The summed E-state index contributed by atoms with van der Waals surface area (Å²) < 4.78 is 5.12. The van der Waals surface area contributed by atoms with E-state index in [0.717, 1.165) is 0 Å². The van der Waals surface area contributed by atoms with Crippen molar-refractivity contribution < 1.29 is 14.3 Å². The van der Waals surface area contributed by atoms with Gasteiger partial charge in [0.05, 0.1) is 6.10 Å². The second kappa shape index (κ2) is 9.44. The molecule has 0 saturated carbocycles. The molecule has 20 heavy (non-hydrogen) atoms. The van der Waals surface area contributed by atoms with E-state index in [1.165, 1.54) is 0 Å². The third kappa shape index (κ3) is 6.63. The molecule has 1 saturated heterocycles. The molecule has 1 heterocycles. The summed E-state index contributed by atoms with van der Waals surface area (Å²) >= 11 is 0. The van der Waals surface area contributed by atoms with E-state index in [1.54, 1.807) is 9.80 Å². The maximum Gasteiger partial charge on any atom is 0.410 e. The summed E-state index contributed by atoms with van der Waals surface area (Å²) in [5.74, 6) is 0. The lowest BCUT2D eigenvalue weighted by Crippen LogP contribution is -2.54. The minimum absolute atomic E-state index is 0.0677. The van der Waals surface area contributed by atoms with Gasteiger partial charge in [0.25, 0.3) is 0 Å². The largest absolute Gasteiger partial charge is 0.447 e. The molecule has 0 aromatic rings. The van der Waals surface area contributed by atoms with Crippen molar-refractivity contribution in [2.75, 3.05) is 26.2 Å². The van der Waals surface area contributed by atoms with Crippen molar-refractivity contribution in [1.82, 2.24) is 15.1 Å². The molecule has 0 spiro atoms. The fraction of sp³-hybridized carbons (Fsp3) is 0.857. The predicted molar refractivity (Wildman–Crippen MR) is 79.8 cm³/mol. The molecule has 1 rings (SSSR count). The summed E-state index contributed by atoms with van der Waals surface area (Å²) in [6.45, 7) is 13.6. The van der Waals surface area contributed by atoms with Crippen LogP contribution in [0.25, 0.3) is 0 Å². The third-order valence-electron chi connectivity index (χ3n) is 2.57. The minimum Gasteiger partial charge on any atom is -0.447 e. The van der Waals surface area contributed by atoms with Crippen molar-refractivity contribution in [3.05, 3.63) is 0 Å². The first-order valence-corrected chi connectivity index (χ1v) is 7.41. The van der Waals surface area contributed by atoms with Crippen LogP contribution in [0.2, 0.25) is 0 Å². The zero-order valence-electron chi connectivity index (χ0n) is 13.6. The van der Waals surface area contributed by atoms with Gasteiger partial charge >= 0.3 is 12.1 Å². The molecule has 1 aliphatic heterocycles. The number of nitrogens with zero attached hydrogens (tertiary/aromatic N) is 2. The van der Waals surface area contributed by atoms with Crippen molar-refractivity contribution >= 4 is 12.1 Å². The van der Waals surface area contributed by atoms with Crippen molar-refractivity contribution in [1.29, 1.82) is 0 Å². The van der Waals surface area contributed by atoms with Gasteiger partial charge in [0.2, 0.25) is 0 Å². The van der Waals surface area contributed by atoms with E-state index in [0.29, 0.717) is 26.2 Å². The highest BCUT2D eigenvalue weighted by Gasteiger charge is 2.25. The highest BCUT2D eigenvalue weighted by Crippen LogP contribution is 2.05. The topological polar surface area (TPSA) is 61.9 Å². The van der Waals surface area contributed by atoms with Crippen molar-refractivity contribution in [3.8, 4) is 0 Å². The molecular formula is C14H29N3O3. The van der Waals surface area contributed by atoms with Crippen molar-refractivity contribution in [3.63, 3.8) is 0 Å². The van der Waals surface area contributed by atoms with Gasteiger partial charge in [0.1, 0.15) is 0 Å². The molecule has 0 aliphatic carbocycles. The third-order valence-corrected chi connectivity index (χ3v) is 2.57. The Hall–Kier alpha value is -1.46. The van der Waals surface area contributed by atoms with Crippen LogP contribution in [0.1, 0.15) is 41.5 Å². The Kier molecular flexibility index (Phi) is 8.76. The number of amides is 3. The number of carbonyl (C=O) groups is 2. The molecule has 1 aliphatic rings. The van der Waals surface area contributed by atoms with E-state index in [-0.39, 0.29) is 24.3 Å². The number of nitrogens with one attached hydrogen (secondary N) is 1. The van der Waals surface area contributed by atoms with Gasteiger partial charge in [-0.1, -0.05) is 13.8 Å². The fourth-order valence-corrected chi connectivity index (χ4v) is 1.71.